The molecule has 16 atom stereocenters. The number of hydrogen-bond acceptors (Lipinski definition) is 8. The van der Waals surface area contributed by atoms with Gasteiger partial charge < -0.3 is 19.7 Å². The van der Waals surface area contributed by atoms with Gasteiger partial charge in [-0.3, -0.25) is 19.2 Å². The third-order valence-corrected chi connectivity index (χ3v) is 27.2. The Hall–Kier alpha value is -3.82. The Kier molecular flexibility index (Phi) is 14.7. The van der Waals surface area contributed by atoms with E-state index in [9.17, 15) is 39.0 Å². The van der Waals surface area contributed by atoms with Gasteiger partial charge in [0.25, 0.3) is 0 Å². The van der Waals surface area contributed by atoms with Gasteiger partial charge in [0.15, 0.2) is 0 Å². The molecule has 8 saturated carbocycles. The highest BCUT2D eigenvalue weighted by molar-refractivity contribution is 5.89. The van der Waals surface area contributed by atoms with E-state index in [1.54, 1.807) is 13.0 Å². The third kappa shape index (κ3) is 8.50. The molecule has 10 aliphatic rings. The zero-order valence-corrected chi connectivity index (χ0v) is 52.8. The number of ketones is 2. The summed E-state index contributed by atoms with van der Waals surface area (Å²) in [5.41, 5.74) is 0.892. The van der Waals surface area contributed by atoms with Crippen LogP contribution in [0.4, 0.5) is 0 Å². The molecular formula is C70H104O10. The van der Waals surface area contributed by atoms with E-state index in [1.807, 2.05) is 20.8 Å². The Labute approximate surface area is 481 Å². The number of aliphatic carboxylic acids is 2. The standard InChI is InChI=1S/2C35H52O5/c1-21(2)18-28(37)40-27-20-30(3,4)19-23-22-10-11-25-32(7)14-13-26(36)31(5,6)24(32)12-15-34(25,9)33(22,8)16-17-35(23,27)29(38)39;1-10-21(2)28(37)40-27-20-30(3,4)19-23-22-11-12-25-32(7)15-14-26(36)31(5,6)24(32)13-16-34(25,9)33(22,8)17-18-35(23,27)29(38)39/h10,18,23-25,27H,11-17,19-20H2,1-9H3,(H,38,39);10-11,23-25,27H,12-20H2,1-9H3,(H,38,39)/b;21-10+. The molecule has 10 nitrogen and oxygen atoms in total. The van der Waals surface area contributed by atoms with Crippen molar-refractivity contribution in [3.05, 3.63) is 46.6 Å². The Balaban J connectivity index is 0.000000194. The lowest BCUT2D eigenvalue weighted by molar-refractivity contribution is -0.207. The second kappa shape index (κ2) is 19.4. The Morgan fingerprint density at radius 3 is 1.27 bits per heavy atom. The van der Waals surface area contributed by atoms with E-state index in [2.05, 4.69) is 109 Å². The van der Waals surface area contributed by atoms with Crippen LogP contribution in [0.2, 0.25) is 0 Å². The molecule has 16 unspecified atom stereocenters. The van der Waals surface area contributed by atoms with Gasteiger partial charge in [-0.25, -0.2) is 9.59 Å². The van der Waals surface area contributed by atoms with Gasteiger partial charge in [-0.2, -0.15) is 0 Å². The quantitative estimate of drug-likeness (QED) is 0.149. The number of carbonyl (C=O) groups is 6. The van der Waals surface area contributed by atoms with Crippen LogP contribution in [0.15, 0.2) is 46.6 Å². The molecular weight excluding hydrogens is 1000 g/mol. The molecule has 0 radical (unpaired) electrons. The number of hydrogen-bond donors (Lipinski definition) is 2. The third-order valence-electron chi connectivity index (χ3n) is 27.2. The fraction of sp³-hybridized carbons (Fsp3) is 0.800. The van der Waals surface area contributed by atoms with Crippen molar-refractivity contribution in [3.8, 4) is 0 Å². The van der Waals surface area contributed by atoms with Crippen LogP contribution in [-0.4, -0.2) is 57.9 Å². The highest BCUT2D eigenvalue weighted by atomic mass is 16.6. The maximum Gasteiger partial charge on any atom is 0.333 e. The number of fused-ring (bicyclic) bond motifs is 14. The molecule has 0 bridgehead atoms. The van der Waals surface area contributed by atoms with Crippen molar-refractivity contribution in [3.63, 3.8) is 0 Å². The van der Waals surface area contributed by atoms with Crippen molar-refractivity contribution in [2.75, 3.05) is 0 Å². The van der Waals surface area contributed by atoms with E-state index >= 15 is 0 Å². The average Bonchev–Trinajstić information content (AvgIpc) is 2.84. The van der Waals surface area contributed by atoms with Gasteiger partial charge in [0.2, 0.25) is 0 Å². The van der Waals surface area contributed by atoms with Crippen molar-refractivity contribution in [2.24, 2.45) is 100 Å². The number of carboxylic acid groups (broad SMARTS) is 2. The summed E-state index contributed by atoms with van der Waals surface area (Å²) in [7, 11) is 0. The van der Waals surface area contributed by atoms with E-state index in [1.165, 1.54) is 17.2 Å². The summed E-state index contributed by atoms with van der Waals surface area (Å²) in [6.07, 6.45) is 21.4. The molecule has 80 heavy (non-hydrogen) atoms. The second-order valence-electron chi connectivity index (χ2n) is 32.8. The van der Waals surface area contributed by atoms with Crippen LogP contribution in [-0.2, 0) is 38.2 Å². The van der Waals surface area contributed by atoms with E-state index in [0.717, 1.165) is 82.6 Å². The second-order valence-corrected chi connectivity index (χ2v) is 32.8. The molecule has 0 aromatic heterocycles. The molecule has 0 heterocycles. The molecule has 0 spiro atoms. The van der Waals surface area contributed by atoms with Crippen LogP contribution < -0.4 is 0 Å². The molecule has 0 amide bonds. The van der Waals surface area contributed by atoms with Crippen molar-refractivity contribution in [1.82, 2.24) is 0 Å². The molecule has 0 aliphatic heterocycles. The number of Topliss-reactive ketones (excluding diaryl/α,β-unsaturated/α-hetero) is 2. The maximum atomic E-state index is 13.4. The largest absolute Gasteiger partial charge is 0.481 e. The zero-order valence-electron chi connectivity index (χ0n) is 52.8. The summed E-state index contributed by atoms with van der Waals surface area (Å²) >= 11 is 0. The first-order valence-electron chi connectivity index (χ1n) is 31.4. The number of ether oxygens (including phenoxy) is 2. The zero-order chi connectivity index (χ0) is 59.4. The number of allylic oxidation sites excluding steroid dienone is 6. The lowest BCUT2D eigenvalue weighted by Crippen LogP contribution is -2.66. The minimum atomic E-state index is -1.10. The van der Waals surface area contributed by atoms with Crippen LogP contribution in [0.5, 0.6) is 0 Å². The van der Waals surface area contributed by atoms with Crippen LogP contribution in [0.25, 0.3) is 0 Å². The molecule has 0 aromatic rings. The average molecular weight is 1110 g/mol. The summed E-state index contributed by atoms with van der Waals surface area (Å²) in [5.74, 6) is -0.280. The molecule has 2 N–H and O–H groups in total. The fourth-order valence-electron chi connectivity index (χ4n) is 22.2. The monoisotopic (exact) mass is 1100 g/mol. The summed E-state index contributed by atoms with van der Waals surface area (Å²) in [6, 6.07) is 0. The fourth-order valence-corrected chi connectivity index (χ4v) is 22.2. The van der Waals surface area contributed by atoms with Crippen molar-refractivity contribution in [2.45, 2.75) is 252 Å². The predicted molar refractivity (Wildman–Crippen MR) is 313 cm³/mol. The van der Waals surface area contributed by atoms with Crippen LogP contribution in [0.3, 0.4) is 0 Å². The SMILES string of the molecule is C/C=C(\C)C(=O)OC1CC(C)(C)CC2C3=CCC4C5(C)CCC(=O)C(C)(C)C5CCC4(C)C3(C)CCC12C(=O)O.CC(C)=CC(=O)OC1CC(C)(C)CC2C3=CCC4C5(C)CCC(=O)C(C)(C)C5CCC4(C)C3(C)CCC12C(=O)O. The summed E-state index contributed by atoms with van der Waals surface area (Å²) in [5, 5.41) is 21.9. The molecule has 0 aromatic carbocycles. The highest BCUT2D eigenvalue weighted by Crippen LogP contribution is 2.78. The normalized spacial score (nSPS) is 45.4. The van der Waals surface area contributed by atoms with Crippen LogP contribution in [0, 0.1) is 100 Å². The minimum absolute atomic E-state index is 0.0266. The molecule has 8 fully saturated rings. The van der Waals surface area contributed by atoms with Crippen LogP contribution >= 0.6 is 0 Å². The molecule has 10 heteroatoms. The topological polar surface area (TPSA) is 161 Å². The molecule has 444 valence electrons. The lowest BCUT2D eigenvalue weighted by atomic mass is 9.33. The summed E-state index contributed by atoms with van der Waals surface area (Å²) < 4.78 is 12.2. The smallest absolute Gasteiger partial charge is 0.333 e. The number of carboxylic acids is 2. The van der Waals surface area contributed by atoms with Gasteiger partial charge >= 0.3 is 23.9 Å². The Bertz CT molecular complexity index is 2740. The highest BCUT2D eigenvalue weighted by Gasteiger charge is 2.74. The lowest BCUT2D eigenvalue weighted by Gasteiger charge is -2.70. The molecule has 0 saturated heterocycles. The van der Waals surface area contributed by atoms with Gasteiger partial charge in [0.1, 0.15) is 34.6 Å². The minimum Gasteiger partial charge on any atom is -0.481 e. The van der Waals surface area contributed by atoms with E-state index in [-0.39, 0.29) is 66.0 Å². The number of carbonyl (C=O) groups excluding carboxylic acids is 4. The Morgan fingerprint density at radius 1 is 0.525 bits per heavy atom. The first-order chi connectivity index (χ1) is 36.8. The van der Waals surface area contributed by atoms with Gasteiger partial charge in [-0.15, -0.1) is 0 Å². The van der Waals surface area contributed by atoms with E-state index in [4.69, 9.17) is 9.47 Å². The van der Waals surface area contributed by atoms with Crippen LogP contribution in [0.1, 0.15) is 240 Å². The molecule has 10 aliphatic carbocycles. The maximum absolute atomic E-state index is 13.4. The summed E-state index contributed by atoms with van der Waals surface area (Å²) in [6.45, 7) is 39.5. The predicted octanol–water partition coefficient (Wildman–Crippen LogP) is 15.9. The van der Waals surface area contributed by atoms with E-state index < -0.39 is 46.9 Å². The number of rotatable bonds is 6. The first-order valence-corrected chi connectivity index (χ1v) is 31.4. The van der Waals surface area contributed by atoms with Gasteiger partial charge in [-0.05, 0) is 197 Å². The summed E-state index contributed by atoms with van der Waals surface area (Å²) in [4.78, 5) is 78.6. The van der Waals surface area contributed by atoms with Crippen molar-refractivity contribution < 1.29 is 48.5 Å². The molecule has 10 rings (SSSR count). The van der Waals surface area contributed by atoms with Crippen molar-refractivity contribution in [1.29, 1.82) is 0 Å². The number of esters is 2. The van der Waals surface area contributed by atoms with Gasteiger partial charge in [0.05, 0.1) is 0 Å². The van der Waals surface area contributed by atoms with E-state index in [0.29, 0.717) is 79.3 Å². The first kappa shape index (κ1) is 60.8. The van der Waals surface area contributed by atoms with Gasteiger partial charge in [-0.1, -0.05) is 132 Å². The van der Waals surface area contributed by atoms with Crippen molar-refractivity contribution >= 4 is 35.4 Å². The Morgan fingerprint density at radius 2 is 0.912 bits per heavy atom. The van der Waals surface area contributed by atoms with Gasteiger partial charge in [0, 0.05) is 47.2 Å².